The van der Waals surface area contributed by atoms with Crippen LogP contribution in [0, 0.1) is 18.3 Å². The molecule has 0 unspecified atom stereocenters. The van der Waals surface area contributed by atoms with Gasteiger partial charge in [0, 0.05) is 32.6 Å². The number of nitrogens with zero attached hydrogens (tertiary/aromatic N) is 3. The van der Waals surface area contributed by atoms with Crippen LogP contribution in [0.15, 0.2) is 24.3 Å². The summed E-state index contributed by atoms with van der Waals surface area (Å²) in [5.41, 5.74) is 2.46. The molecule has 0 bridgehead atoms. The lowest BCUT2D eigenvalue weighted by atomic mass is 10.1. The maximum absolute atomic E-state index is 12.1. The molecule has 4 nitrogen and oxygen atoms in total. The van der Waals surface area contributed by atoms with Gasteiger partial charge in [-0.25, -0.2) is 0 Å². The Balaban J connectivity index is 1.76. The Labute approximate surface area is 120 Å². The van der Waals surface area contributed by atoms with E-state index < -0.39 is 0 Å². The standard InChI is InChI=1S/C16H21N3O/c1-14-2-4-15(5-3-14)6-7-16(20)19-12-10-18(9-8-17)11-13-19/h2-5H,6-7,9-13H2,1H3. The molecule has 1 aliphatic rings. The molecule has 0 radical (unpaired) electrons. The summed E-state index contributed by atoms with van der Waals surface area (Å²) < 4.78 is 0. The third-order valence-electron chi connectivity index (χ3n) is 3.77. The van der Waals surface area contributed by atoms with Crippen molar-refractivity contribution in [1.29, 1.82) is 5.26 Å². The lowest BCUT2D eigenvalue weighted by Gasteiger charge is -2.33. The molecule has 1 fully saturated rings. The summed E-state index contributed by atoms with van der Waals surface area (Å²) in [5.74, 6) is 0.224. The van der Waals surface area contributed by atoms with Crippen molar-refractivity contribution < 1.29 is 4.79 Å². The van der Waals surface area contributed by atoms with E-state index in [4.69, 9.17) is 5.26 Å². The normalized spacial score (nSPS) is 15.9. The zero-order valence-electron chi connectivity index (χ0n) is 12.0. The SMILES string of the molecule is Cc1ccc(CCC(=O)N2CCN(CC#N)CC2)cc1. The fraction of sp³-hybridized carbons (Fsp3) is 0.500. The maximum atomic E-state index is 12.1. The molecule has 106 valence electrons. The summed E-state index contributed by atoms with van der Waals surface area (Å²) in [6, 6.07) is 10.5. The molecule has 1 heterocycles. The summed E-state index contributed by atoms with van der Waals surface area (Å²) in [4.78, 5) is 16.2. The van der Waals surface area contributed by atoms with E-state index in [1.165, 1.54) is 11.1 Å². The first-order chi connectivity index (χ1) is 9.69. The highest BCUT2D eigenvalue weighted by molar-refractivity contribution is 5.76. The zero-order chi connectivity index (χ0) is 14.4. The number of hydrogen-bond donors (Lipinski definition) is 0. The summed E-state index contributed by atoms with van der Waals surface area (Å²) in [5, 5.41) is 8.65. The van der Waals surface area contributed by atoms with E-state index in [1.807, 2.05) is 4.90 Å². The molecular formula is C16H21N3O. The minimum atomic E-state index is 0.224. The number of benzene rings is 1. The molecular weight excluding hydrogens is 250 g/mol. The minimum absolute atomic E-state index is 0.224. The van der Waals surface area contributed by atoms with Crippen molar-refractivity contribution in [3.8, 4) is 6.07 Å². The van der Waals surface area contributed by atoms with Crippen LogP contribution in [0.2, 0.25) is 0 Å². The van der Waals surface area contributed by atoms with Gasteiger partial charge in [-0.15, -0.1) is 0 Å². The monoisotopic (exact) mass is 271 g/mol. The van der Waals surface area contributed by atoms with Gasteiger partial charge in [0.1, 0.15) is 0 Å². The van der Waals surface area contributed by atoms with Crippen molar-refractivity contribution in [2.75, 3.05) is 32.7 Å². The molecule has 1 aromatic rings. The molecule has 20 heavy (non-hydrogen) atoms. The second-order valence-electron chi connectivity index (χ2n) is 5.30. The lowest BCUT2D eigenvalue weighted by molar-refractivity contribution is -0.132. The van der Waals surface area contributed by atoms with Crippen molar-refractivity contribution in [2.45, 2.75) is 19.8 Å². The molecule has 0 spiro atoms. The van der Waals surface area contributed by atoms with Gasteiger partial charge in [0.15, 0.2) is 0 Å². The zero-order valence-corrected chi connectivity index (χ0v) is 12.0. The van der Waals surface area contributed by atoms with Crippen LogP contribution in [0.3, 0.4) is 0 Å². The van der Waals surface area contributed by atoms with Crippen LogP contribution in [-0.4, -0.2) is 48.4 Å². The molecule has 1 aromatic carbocycles. The first-order valence-corrected chi connectivity index (χ1v) is 7.11. The van der Waals surface area contributed by atoms with Crippen molar-refractivity contribution in [3.05, 3.63) is 35.4 Å². The number of nitriles is 1. The molecule has 1 saturated heterocycles. The first-order valence-electron chi connectivity index (χ1n) is 7.11. The fourth-order valence-electron chi connectivity index (χ4n) is 2.42. The number of hydrogen-bond acceptors (Lipinski definition) is 3. The Hall–Kier alpha value is -1.86. The van der Waals surface area contributed by atoms with Crippen LogP contribution in [0.5, 0.6) is 0 Å². The average molecular weight is 271 g/mol. The van der Waals surface area contributed by atoms with E-state index in [0.29, 0.717) is 13.0 Å². The molecule has 0 aromatic heterocycles. The Morgan fingerprint density at radius 1 is 1.20 bits per heavy atom. The van der Waals surface area contributed by atoms with Crippen LogP contribution in [0.1, 0.15) is 17.5 Å². The quantitative estimate of drug-likeness (QED) is 0.781. The third-order valence-corrected chi connectivity index (χ3v) is 3.77. The predicted molar refractivity (Wildman–Crippen MR) is 78.1 cm³/mol. The lowest BCUT2D eigenvalue weighted by Crippen LogP contribution is -2.48. The Morgan fingerprint density at radius 2 is 1.85 bits per heavy atom. The molecule has 4 heteroatoms. The Kier molecular flexibility index (Phi) is 5.14. The van der Waals surface area contributed by atoms with Gasteiger partial charge in [-0.05, 0) is 18.9 Å². The molecule has 0 N–H and O–H groups in total. The highest BCUT2D eigenvalue weighted by Gasteiger charge is 2.20. The van der Waals surface area contributed by atoms with Gasteiger partial charge in [-0.1, -0.05) is 29.8 Å². The second kappa shape index (κ2) is 7.06. The van der Waals surface area contributed by atoms with Crippen LogP contribution in [-0.2, 0) is 11.2 Å². The van der Waals surface area contributed by atoms with E-state index in [1.54, 1.807) is 0 Å². The van der Waals surface area contributed by atoms with Gasteiger partial charge < -0.3 is 4.90 Å². The number of aryl methyl sites for hydroxylation is 2. The summed E-state index contributed by atoms with van der Waals surface area (Å²) >= 11 is 0. The van der Waals surface area contributed by atoms with Crippen molar-refractivity contribution >= 4 is 5.91 Å². The number of rotatable bonds is 4. The summed E-state index contributed by atoms with van der Waals surface area (Å²) in [6.45, 7) is 5.64. The average Bonchev–Trinajstić information content (AvgIpc) is 2.47. The Bertz CT molecular complexity index is 481. The van der Waals surface area contributed by atoms with Gasteiger partial charge in [-0.2, -0.15) is 5.26 Å². The number of carbonyl (C=O) groups is 1. The van der Waals surface area contributed by atoms with E-state index in [0.717, 1.165) is 32.6 Å². The van der Waals surface area contributed by atoms with Gasteiger partial charge in [0.25, 0.3) is 0 Å². The third kappa shape index (κ3) is 4.07. The van der Waals surface area contributed by atoms with E-state index in [-0.39, 0.29) is 5.91 Å². The van der Waals surface area contributed by atoms with Crippen LogP contribution < -0.4 is 0 Å². The van der Waals surface area contributed by atoms with Gasteiger partial charge in [0.05, 0.1) is 12.6 Å². The Morgan fingerprint density at radius 3 is 2.45 bits per heavy atom. The van der Waals surface area contributed by atoms with E-state index >= 15 is 0 Å². The molecule has 0 saturated carbocycles. The molecule has 1 amide bonds. The summed E-state index contributed by atoms with van der Waals surface area (Å²) in [6.07, 6.45) is 1.37. The van der Waals surface area contributed by atoms with Crippen molar-refractivity contribution in [1.82, 2.24) is 9.80 Å². The van der Waals surface area contributed by atoms with Crippen LogP contribution in [0.25, 0.3) is 0 Å². The molecule has 2 rings (SSSR count). The predicted octanol–water partition coefficient (Wildman–Crippen LogP) is 1.60. The number of carbonyl (C=O) groups excluding carboxylic acids is 1. The highest BCUT2D eigenvalue weighted by Crippen LogP contribution is 2.09. The summed E-state index contributed by atoms with van der Waals surface area (Å²) in [7, 11) is 0. The fourth-order valence-corrected chi connectivity index (χ4v) is 2.42. The van der Waals surface area contributed by atoms with Crippen molar-refractivity contribution in [2.24, 2.45) is 0 Å². The highest BCUT2D eigenvalue weighted by atomic mass is 16.2. The smallest absolute Gasteiger partial charge is 0.222 e. The number of piperazine rings is 1. The minimum Gasteiger partial charge on any atom is -0.340 e. The number of amides is 1. The molecule has 1 aliphatic heterocycles. The van der Waals surface area contributed by atoms with Gasteiger partial charge in [-0.3, -0.25) is 9.69 Å². The van der Waals surface area contributed by atoms with Gasteiger partial charge >= 0.3 is 0 Å². The topological polar surface area (TPSA) is 47.3 Å². The second-order valence-corrected chi connectivity index (χ2v) is 5.30. The van der Waals surface area contributed by atoms with E-state index in [9.17, 15) is 4.79 Å². The van der Waals surface area contributed by atoms with Crippen LogP contribution in [0.4, 0.5) is 0 Å². The first kappa shape index (κ1) is 14.5. The van der Waals surface area contributed by atoms with E-state index in [2.05, 4.69) is 42.2 Å². The largest absolute Gasteiger partial charge is 0.340 e. The molecule has 0 atom stereocenters. The van der Waals surface area contributed by atoms with Crippen LogP contribution >= 0.6 is 0 Å². The van der Waals surface area contributed by atoms with Crippen molar-refractivity contribution in [3.63, 3.8) is 0 Å². The van der Waals surface area contributed by atoms with Gasteiger partial charge in [0.2, 0.25) is 5.91 Å². The molecule has 0 aliphatic carbocycles. The maximum Gasteiger partial charge on any atom is 0.222 e.